The van der Waals surface area contributed by atoms with Gasteiger partial charge >= 0.3 is 5.63 Å². The third-order valence-corrected chi connectivity index (χ3v) is 4.54. The number of carbonyl (C=O) groups is 2. The normalized spacial score (nSPS) is 12.0. The fourth-order valence-electron chi connectivity index (χ4n) is 3.08. The highest BCUT2D eigenvalue weighted by Gasteiger charge is 2.15. The van der Waals surface area contributed by atoms with Crippen LogP contribution in [-0.2, 0) is 16.0 Å². The van der Waals surface area contributed by atoms with Crippen LogP contribution in [0.4, 0.5) is 0 Å². The van der Waals surface area contributed by atoms with Crippen molar-refractivity contribution in [2.45, 2.75) is 58.9 Å². The average Bonchev–Trinajstić information content (AvgIpc) is 2.65. The minimum absolute atomic E-state index is 0.310. The van der Waals surface area contributed by atoms with Crippen LogP contribution in [0, 0.1) is 6.92 Å². The summed E-state index contributed by atoms with van der Waals surface area (Å²) in [6, 6.07) is 3.98. The third kappa shape index (κ3) is 5.34. The molecule has 0 aliphatic rings. The molecule has 1 aromatic carbocycles. The quantitative estimate of drug-likeness (QED) is 0.622. The Morgan fingerprint density at radius 3 is 2.64 bits per heavy atom. The van der Waals surface area contributed by atoms with Crippen molar-refractivity contribution < 1.29 is 23.8 Å². The van der Waals surface area contributed by atoms with E-state index < -0.39 is 23.5 Å². The second-order valence-electron chi connectivity index (χ2n) is 6.78. The molecule has 1 atom stereocenters. The van der Waals surface area contributed by atoms with Crippen molar-refractivity contribution >= 4 is 22.8 Å². The average molecular weight is 388 g/mol. The van der Waals surface area contributed by atoms with Crippen LogP contribution in [0.3, 0.4) is 0 Å². The van der Waals surface area contributed by atoms with Gasteiger partial charge in [-0.05, 0) is 37.5 Å². The number of aryl methyl sites for hydroxylation is 2. The summed E-state index contributed by atoms with van der Waals surface area (Å²) in [6.45, 7) is 5.37. The number of nitrogens with one attached hydrogen (secondary N) is 1. The molecule has 0 aliphatic carbocycles. The van der Waals surface area contributed by atoms with Crippen LogP contribution in [0.15, 0.2) is 27.4 Å². The summed E-state index contributed by atoms with van der Waals surface area (Å²) in [7, 11) is 0. The van der Waals surface area contributed by atoms with Crippen LogP contribution in [0.25, 0.3) is 11.0 Å². The zero-order valence-corrected chi connectivity index (χ0v) is 16.5. The molecule has 0 aliphatic heterocycles. The highest BCUT2D eigenvalue weighted by molar-refractivity contribution is 5.86. The Morgan fingerprint density at radius 1 is 1.25 bits per heavy atom. The third-order valence-electron chi connectivity index (χ3n) is 4.54. The molecule has 1 heterocycles. The number of fused-ring (bicyclic) bond motifs is 1. The fraction of sp³-hybridized carbons (Fsp3) is 0.476. The molecule has 1 N–H and O–H groups in total. The maximum Gasteiger partial charge on any atom is 0.336 e. The second kappa shape index (κ2) is 9.92. The Bertz CT molecular complexity index is 902. The smallest absolute Gasteiger partial charge is 0.336 e. The molecule has 2 aromatic rings. The number of carbonyl (C=O) groups excluding carboxylic acids is 2. The van der Waals surface area contributed by atoms with E-state index in [4.69, 9.17) is 9.15 Å². The first-order valence-electron chi connectivity index (χ1n) is 9.56. The van der Waals surface area contributed by atoms with Gasteiger partial charge in [0, 0.05) is 17.0 Å². The van der Waals surface area contributed by atoms with Crippen LogP contribution in [0.1, 0.15) is 50.7 Å². The van der Waals surface area contributed by atoms with E-state index in [-0.39, 0.29) is 6.61 Å². The van der Waals surface area contributed by atoms with Gasteiger partial charge in [-0.1, -0.05) is 33.1 Å². The fourth-order valence-corrected chi connectivity index (χ4v) is 3.08. The van der Waals surface area contributed by atoms with Crippen LogP contribution < -0.4 is 20.8 Å². The van der Waals surface area contributed by atoms with Crippen molar-refractivity contribution in [1.82, 2.24) is 5.32 Å². The number of carboxylic acids is 1. The minimum atomic E-state index is -1.31. The maximum absolute atomic E-state index is 12.1. The van der Waals surface area contributed by atoms with Crippen LogP contribution in [0.5, 0.6) is 5.75 Å². The van der Waals surface area contributed by atoms with Crippen molar-refractivity contribution in [1.29, 1.82) is 0 Å². The summed E-state index contributed by atoms with van der Waals surface area (Å²) in [4.78, 5) is 35.0. The molecule has 0 radical (unpaired) electrons. The Kier molecular flexibility index (Phi) is 7.61. The van der Waals surface area contributed by atoms with Crippen molar-refractivity contribution in [2.75, 3.05) is 6.61 Å². The van der Waals surface area contributed by atoms with Crippen LogP contribution in [0.2, 0.25) is 0 Å². The number of rotatable bonds is 10. The van der Waals surface area contributed by atoms with E-state index in [1.54, 1.807) is 19.1 Å². The standard InChI is InChI=1S/C21H27NO6/c1-4-6-8-16(21(25)26)22-18(23)12-27-17-10-9-15-14(7-5-2)11-19(24)28-20(15)13(17)3/h9-11,16H,4-8,12H2,1-3H3,(H,22,23)(H,25,26)/p-1/t16-/m1/s1. The summed E-state index contributed by atoms with van der Waals surface area (Å²) in [5.41, 5.74) is 1.53. The van der Waals surface area contributed by atoms with Gasteiger partial charge in [-0.25, -0.2) is 4.79 Å². The molecule has 7 nitrogen and oxygen atoms in total. The molecule has 1 amide bonds. The van der Waals surface area contributed by atoms with E-state index in [1.165, 1.54) is 6.07 Å². The molecule has 2 rings (SSSR count). The Balaban J connectivity index is 2.14. The Hall–Kier alpha value is -2.83. The molecule has 0 fully saturated rings. The monoisotopic (exact) mass is 388 g/mol. The number of hydrogen-bond acceptors (Lipinski definition) is 6. The molecular formula is C21H26NO6-. The van der Waals surface area contributed by atoms with E-state index in [9.17, 15) is 19.5 Å². The second-order valence-corrected chi connectivity index (χ2v) is 6.78. The lowest BCUT2D eigenvalue weighted by Crippen LogP contribution is -2.49. The SMILES string of the molecule is CCCC[C@@H](NC(=O)COc1ccc2c(CCC)cc(=O)oc2c1C)C(=O)[O-]. The molecule has 7 heteroatoms. The topological polar surface area (TPSA) is 109 Å². The minimum Gasteiger partial charge on any atom is -0.548 e. The van der Waals surface area contributed by atoms with Crippen molar-refractivity contribution in [3.05, 3.63) is 39.7 Å². The van der Waals surface area contributed by atoms with Crippen LogP contribution >= 0.6 is 0 Å². The first kappa shape index (κ1) is 21.5. The molecule has 152 valence electrons. The molecule has 0 saturated carbocycles. The van der Waals surface area contributed by atoms with E-state index >= 15 is 0 Å². The zero-order chi connectivity index (χ0) is 20.7. The number of ether oxygens (including phenoxy) is 1. The van der Waals surface area contributed by atoms with Crippen LogP contribution in [-0.4, -0.2) is 24.5 Å². The Labute approximate surface area is 163 Å². The number of hydrogen-bond donors (Lipinski definition) is 1. The largest absolute Gasteiger partial charge is 0.548 e. The van der Waals surface area contributed by atoms with Gasteiger partial charge in [0.15, 0.2) is 6.61 Å². The maximum atomic E-state index is 12.1. The highest BCUT2D eigenvalue weighted by Crippen LogP contribution is 2.28. The summed E-state index contributed by atoms with van der Waals surface area (Å²) < 4.78 is 10.9. The number of amides is 1. The predicted octanol–water partition coefficient (Wildman–Crippen LogP) is 1.86. The molecule has 0 saturated heterocycles. The van der Waals surface area contributed by atoms with Gasteiger partial charge in [-0.3, -0.25) is 4.79 Å². The van der Waals surface area contributed by atoms with Crippen molar-refractivity contribution in [2.24, 2.45) is 0 Å². The van der Waals surface area contributed by atoms with Gasteiger partial charge in [0.05, 0.1) is 12.0 Å². The van der Waals surface area contributed by atoms with E-state index in [0.717, 1.165) is 30.2 Å². The van der Waals surface area contributed by atoms with Gasteiger partial charge in [-0.2, -0.15) is 0 Å². The molecule has 0 bridgehead atoms. The number of carboxylic acid groups (broad SMARTS) is 1. The lowest BCUT2D eigenvalue weighted by molar-refractivity contribution is -0.308. The van der Waals surface area contributed by atoms with Gasteiger partial charge in [0.2, 0.25) is 0 Å². The first-order chi connectivity index (χ1) is 13.4. The summed E-state index contributed by atoms with van der Waals surface area (Å²) in [5.74, 6) is -1.46. The Morgan fingerprint density at radius 2 is 2.00 bits per heavy atom. The molecule has 1 aromatic heterocycles. The highest BCUT2D eigenvalue weighted by atomic mass is 16.5. The summed E-state index contributed by atoms with van der Waals surface area (Å²) >= 11 is 0. The molecular weight excluding hydrogens is 362 g/mol. The van der Waals surface area contributed by atoms with Gasteiger partial charge in [0.1, 0.15) is 11.3 Å². The first-order valence-corrected chi connectivity index (χ1v) is 9.56. The van der Waals surface area contributed by atoms with E-state index in [2.05, 4.69) is 5.32 Å². The summed E-state index contributed by atoms with van der Waals surface area (Å²) in [5, 5.41) is 14.4. The molecule has 0 spiro atoms. The van der Waals surface area contributed by atoms with E-state index in [1.807, 2.05) is 13.8 Å². The summed E-state index contributed by atoms with van der Waals surface area (Å²) in [6.07, 6.45) is 3.45. The molecule has 28 heavy (non-hydrogen) atoms. The van der Waals surface area contributed by atoms with Crippen molar-refractivity contribution in [3.63, 3.8) is 0 Å². The van der Waals surface area contributed by atoms with E-state index in [0.29, 0.717) is 29.7 Å². The van der Waals surface area contributed by atoms with Gasteiger partial charge < -0.3 is 24.4 Å². The van der Waals surface area contributed by atoms with Gasteiger partial charge in [0.25, 0.3) is 5.91 Å². The number of unbranched alkanes of at least 4 members (excludes halogenated alkanes) is 1. The molecule has 0 unspecified atom stereocenters. The lowest BCUT2D eigenvalue weighted by Gasteiger charge is -2.19. The lowest BCUT2D eigenvalue weighted by atomic mass is 10.0. The zero-order valence-electron chi connectivity index (χ0n) is 16.5. The van der Waals surface area contributed by atoms with Crippen molar-refractivity contribution in [3.8, 4) is 5.75 Å². The number of benzene rings is 1. The predicted molar refractivity (Wildman–Crippen MR) is 103 cm³/mol. The van der Waals surface area contributed by atoms with Gasteiger partial charge in [-0.15, -0.1) is 0 Å². The number of aliphatic carboxylic acids is 1.